The average molecular weight is 429 g/mol. The number of thiophene rings is 1. The Balaban J connectivity index is 1.50. The fourth-order valence-electron chi connectivity index (χ4n) is 3.49. The van der Waals surface area contributed by atoms with E-state index >= 15 is 0 Å². The minimum atomic E-state index is -0.347. The molecule has 0 N–H and O–H groups in total. The second kappa shape index (κ2) is 8.39. The fourth-order valence-corrected chi connectivity index (χ4v) is 4.70. The van der Waals surface area contributed by atoms with Gasteiger partial charge in [-0.05, 0) is 35.6 Å². The molecule has 0 bridgehead atoms. The first-order valence-corrected chi connectivity index (χ1v) is 10.8. The van der Waals surface area contributed by atoms with E-state index in [1.807, 2.05) is 51.6 Å². The van der Waals surface area contributed by atoms with E-state index in [1.54, 1.807) is 6.20 Å². The molecule has 2 aromatic heterocycles. The number of para-hydroxylation sites is 1. The van der Waals surface area contributed by atoms with Crippen molar-refractivity contribution in [2.75, 3.05) is 31.1 Å². The van der Waals surface area contributed by atoms with Crippen LogP contribution in [0.2, 0.25) is 5.02 Å². The summed E-state index contributed by atoms with van der Waals surface area (Å²) in [6, 6.07) is 11.2. The van der Waals surface area contributed by atoms with E-state index < -0.39 is 0 Å². The van der Waals surface area contributed by atoms with E-state index in [9.17, 15) is 9.59 Å². The maximum atomic E-state index is 12.8. The van der Waals surface area contributed by atoms with Crippen LogP contribution in [0.3, 0.4) is 0 Å². The maximum Gasteiger partial charge on any atom is 0.292 e. The number of anilines is 1. The SMILES string of the molecule is CCc1ccsc1C(=O)N1CCN(c2cnn(-c3ccccc3)c(=O)c2Cl)CC1. The number of hydrogen-bond donors (Lipinski definition) is 0. The third-order valence-corrected chi connectivity index (χ3v) is 6.43. The van der Waals surface area contributed by atoms with Gasteiger partial charge in [-0.1, -0.05) is 36.7 Å². The van der Waals surface area contributed by atoms with E-state index in [4.69, 9.17) is 11.6 Å². The number of piperazine rings is 1. The Kier molecular flexibility index (Phi) is 5.69. The molecule has 0 saturated carbocycles. The highest BCUT2D eigenvalue weighted by molar-refractivity contribution is 7.12. The molecule has 0 spiro atoms. The Hall–Kier alpha value is -2.64. The summed E-state index contributed by atoms with van der Waals surface area (Å²) in [5.41, 5.74) is 2.03. The summed E-state index contributed by atoms with van der Waals surface area (Å²) in [6.45, 7) is 4.43. The molecule has 1 amide bonds. The van der Waals surface area contributed by atoms with Gasteiger partial charge in [0.15, 0.2) is 0 Å². The first-order chi connectivity index (χ1) is 14.1. The number of aryl methyl sites for hydroxylation is 1. The van der Waals surface area contributed by atoms with Crippen LogP contribution in [-0.4, -0.2) is 46.8 Å². The Morgan fingerprint density at radius 3 is 2.55 bits per heavy atom. The van der Waals surface area contributed by atoms with Gasteiger partial charge in [-0.3, -0.25) is 9.59 Å². The maximum absolute atomic E-state index is 12.8. The van der Waals surface area contributed by atoms with Crippen LogP contribution in [0.1, 0.15) is 22.2 Å². The minimum absolute atomic E-state index is 0.0835. The van der Waals surface area contributed by atoms with Gasteiger partial charge >= 0.3 is 0 Å². The summed E-state index contributed by atoms with van der Waals surface area (Å²) in [5, 5.41) is 6.42. The predicted molar refractivity (Wildman–Crippen MR) is 117 cm³/mol. The molecule has 1 aliphatic rings. The molecule has 150 valence electrons. The van der Waals surface area contributed by atoms with Crippen LogP contribution in [0, 0.1) is 0 Å². The van der Waals surface area contributed by atoms with Crippen LogP contribution in [0.25, 0.3) is 5.69 Å². The van der Waals surface area contributed by atoms with Gasteiger partial charge in [0.2, 0.25) is 0 Å². The Morgan fingerprint density at radius 2 is 1.86 bits per heavy atom. The van der Waals surface area contributed by atoms with E-state index in [1.165, 1.54) is 16.0 Å². The first kappa shape index (κ1) is 19.7. The van der Waals surface area contributed by atoms with Crippen molar-refractivity contribution in [3.63, 3.8) is 0 Å². The number of amides is 1. The third kappa shape index (κ3) is 3.80. The molecule has 3 aromatic rings. The molecule has 1 aromatic carbocycles. The highest BCUT2D eigenvalue weighted by Gasteiger charge is 2.26. The second-order valence-corrected chi connectivity index (χ2v) is 8.10. The first-order valence-electron chi connectivity index (χ1n) is 9.54. The number of hydrogen-bond acceptors (Lipinski definition) is 5. The summed E-state index contributed by atoms with van der Waals surface area (Å²) in [6.07, 6.45) is 2.48. The van der Waals surface area contributed by atoms with Crippen LogP contribution >= 0.6 is 22.9 Å². The second-order valence-electron chi connectivity index (χ2n) is 6.80. The van der Waals surface area contributed by atoms with Gasteiger partial charge < -0.3 is 9.80 Å². The lowest BCUT2D eigenvalue weighted by atomic mass is 10.2. The number of aromatic nitrogens is 2. The van der Waals surface area contributed by atoms with Crippen molar-refractivity contribution in [3.05, 3.63) is 73.8 Å². The Morgan fingerprint density at radius 1 is 1.14 bits per heavy atom. The van der Waals surface area contributed by atoms with Gasteiger partial charge in [0.25, 0.3) is 11.5 Å². The van der Waals surface area contributed by atoms with Gasteiger partial charge in [0, 0.05) is 26.2 Å². The zero-order valence-corrected chi connectivity index (χ0v) is 17.6. The van der Waals surface area contributed by atoms with Gasteiger partial charge in [-0.15, -0.1) is 11.3 Å². The van der Waals surface area contributed by atoms with Crippen LogP contribution in [-0.2, 0) is 6.42 Å². The fraction of sp³-hybridized carbons (Fsp3) is 0.286. The van der Waals surface area contributed by atoms with Crippen LogP contribution in [0.4, 0.5) is 5.69 Å². The Bertz CT molecular complexity index is 1070. The highest BCUT2D eigenvalue weighted by atomic mass is 35.5. The molecule has 29 heavy (non-hydrogen) atoms. The van der Waals surface area contributed by atoms with Gasteiger partial charge in [-0.25, -0.2) is 0 Å². The van der Waals surface area contributed by atoms with E-state index in [-0.39, 0.29) is 16.5 Å². The van der Waals surface area contributed by atoms with Crippen molar-refractivity contribution in [1.82, 2.24) is 14.7 Å². The van der Waals surface area contributed by atoms with Gasteiger partial charge in [0.05, 0.1) is 22.4 Å². The molecule has 0 aliphatic carbocycles. The molecule has 4 rings (SSSR count). The number of halogens is 1. The van der Waals surface area contributed by atoms with Crippen LogP contribution < -0.4 is 10.5 Å². The quantitative estimate of drug-likeness (QED) is 0.638. The van der Waals surface area contributed by atoms with E-state index in [2.05, 4.69) is 12.0 Å². The molecule has 0 atom stereocenters. The van der Waals surface area contributed by atoms with Crippen molar-refractivity contribution in [1.29, 1.82) is 0 Å². The minimum Gasteiger partial charge on any atom is -0.365 e. The van der Waals surface area contributed by atoms with Crippen molar-refractivity contribution in [3.8, 4) is 5.69 Å². The normalized spacial score (nSPS) is 14.3. The molecule has 6 nitrogen and oxygen atoms in total. The zero-order valence-electron chi connectivity index (χ0n) is 16.0. The molecule has 1 fully saturated rings. The number of rotatable bonds is 4. The van der Waals surface area contributed by atoms with Crippen molar-refractivity contribution >= 4 is 34.5 Å². The molecule has 1 aliphatic heterocycles. The summed E-state index contributed by atoms with van der Waals surface area (Å²) in [5.74, 6) is 0.0835. The van der Waals surface area contributed by atoms with E-state index in [0.29, 0.717) is 37.6 Å². The zero-order chi connectivity index (χ0) is 20.4. The summed E-state index contributed by atoms with van der Waals surface area (Å²) in [7, 11) is 0. The number of nitrogens with zero attached hydrogens (tertiary/aromatic N) is 4. The third-order valence-electron chi connectivity index (χ3n) is 5.13. The smallest absolute Gasteiger partial charge is 0.292 e. The standard InChI is InChI=1S/C21H21ClN4O2S/c1-2-15-8-13-29-19(15)21(28)25-11-9-24(10-12-25)17-14-23-26(20(27)18(17)22)16-6-4-3-5-7-16/h3-8,13-14H,2,9-12H2,1H3. The van der Waals surface area contributed by atoms with Gasteiger partial charge in [0.1, 0.15) is 5.02 Å². The Labute approximate surface area is 177 Å². The topological polar surface area (TPSA) is 58.4 Å². The largest absolute Gasteiger partial charge is 0.365 e. The lowest BCUT2D eigenvalue weighted by molar-refractivity contribution is 0.0750. The van der Waals surface area contributed by atoms with Gasteiger partial charge in [-0.2, -0.15) is 9.78 Å². The van der Waals surface area contributed by atoms with Crippen LogP contribution in [0.15, 0.2) is 52.8 Å². The van der Waals surface area contributed by atoms with Crippen molar-refractivity contribution in [2.24, 2.45) is 0 Å². The molecule has 0 unspecified atom stereocenters. The number of benzene rings is 1. The monoisotopic (exact) mass is 428 g/mol. The highest BCUT2D eigenvalue weighted by Crippen LogP contribution is 2.25. The molecular weight excluding hydrogens is 408 g/mol. The summed E-state index contributed by atoms with van der Waals surface area (Å²) >= 11 is 7.90. The number of carbonyl (C=O) groups excluding carboxylic acids is 1. The number of carbonyl (C=O) groups is 1. The predicted octanol–water partition coefficient (Wildman–Crippen LogP) is 3.47. The van der Waals surface area contributed by atoms with Crippen molar-refractivity contribution < 1.29 is 4.79 Å². The lowest BCUT2D eigenvalue weighted by Gasteiger charge is -2.36. The van der Waals surface area contributed by atoms with Crippen LogP contribution in [0.5, 0.6) is 0 Å². The van der Waals surface area contributed by atoms with E-state index in [0.717, 1.165) is 16.9 Å². The lowest BCUT2D eigenvalue weighted by Crippen LogP contribution is -2.49. The molecule has 3 heterocycles. The summed E-state index contributed by atoms with van der Waals surface area (Å²) < 4.78 is 1.30. The molecule has 8 heteroatoms. The summed E-state index contributed by atoms with van der Waals surface area (Å²) in [4.78, 5) is 30.3. The molecule has 1 saturated heterocycles. The molecular formula is C21H21ClN4O2S. The van der Waals surface area contributed by atoms with Crippen molar-refractivity contribution in [2.45, 2.75) is 13.3 Å². The molecule has 0 radical (unpaired) electrons. The average Bonchev–Trinajstić information content (AvgIpc) is 3.25.